The Morgan fingerprint density at radius 3 is 2.93 bits per heavy atom. The third-order valence-electron chi connectivity index (χ3n) is 2.28. The number of hydrogen-bond donors (Lipinski definition) is 1. The highest BCUT2D eigenvalue weighted by Crippen LogP contribution is 2.16. The summed E-state index contributed by atoms with van der Waals surface area (Å²) in [5.74, 6) is 3.51. The lowest BCUT2D eigenvalue weighted by molar-refractivity contribution is 0.808. The van der Waals surface area contributed by atoms with E-state index in [0.29, 0.717) is 6.54 Å². The molecule has 0 spiro atoms. The van der Waals surface area contributed by atoms with Gasteiger partial charge in [0.25, 0.3) is 0 Å². The minimum atomic E-state index is 0.0243. The van der Waals surface area contributed by atoms with E-state index in [4.69, 9.17) is 12.2 Å². The molecule has 0 aliphatic carbocycles. The van der Waals surface area contributed by atoms with Crippen molar-refractivity contribution in [1.29, 1.82) is 0 Å². The van der Waals surface area contributed by atoms with Gasteiger partial charge in [-0.3, -0.25) is 0 Å². The zero-order valence-electron chi connectivity index (χ0n) is 9.27. The van der Waals surface area contributed by atoms with E-state index < -0.39 is 0 Å². The molecule has 0 bridgehead atoms. The van der Waals surface area contributed by atoms with Crippen molar-refractivity contribution in [3.8, 4) is 12.3 Å². The normalized spacial score (nSPS) is 11.9. The second-order valence-electron chi connectivity index (χ2n) is 3.45. The molecule has 3 heteroatoms. The van der Waals surface area contributed by atoms with E-state index in [9.17, 15) is 0 Å². The van der Waals surface area contributed by atoms with Crippen LogP contribution in [0, 0.1) is 12.3 Å². The number of pyridine rings is 1. The number of terminal acetylenes is 1. The molecule has 0 unspecified atom stereocenters. The van der Waals surface area contributed by atoms with E-state index in [0.717, 1.165) is 17.9 Å². The maximum absolute atomic E-state index is 5.81. The van der Waals surface area contributed by atoms with Gasteiger partial charge in [0.05, 0.1) is 6.54 Å². The van der Waals surface area contributed by atoms with Gasteiger partial charge in [0.15, 0.2) is 0 Å². The molecule has 3 nitrogen and oxygen atoms in total. The highest BCUT2D eigenvalue weighted by Gasteiger charge is 2.06. The van der Waals surface area contributed by atoms with Crippen LogP contribution in [0.15, 0.2) is 18.3 Å². The van der Waals surface area contributed by atoms with Crippen LogP contribution in [0.25, 0.3) is 0 Å². The smallest absolute Gasteiger partial charge is 0.129 e. The lowest BCUT2D eigenvalue weighted by Gasteiger charge is -2.20. The Balaban J connectivity index is 2.93. The quantitative estimate of drug-likeness (QED) is 0.755. The number of hydrogen-bond acceptors (Lipinski definition) is 3. The minimum absolute atomic E-state index is 0.0243. The summed E-state index contributed by atoms with van der Waals surface area (Å²) in [4.78, 5) is 6.32. The van der Waals surface area contributed by atoms with Crippen LogP contribution < -0.4 is 10.6 Å². The van der Waals surface area contributed by atoms with Crippen molar-refractivity contribution in [3.63, 3.8) is 0 Å². The summed E-state index contributed by atoms with van der Waals surface area (Å²) in [6.07, 6.45) is 7.07. The Morgan fingerprint density at radius 1 is 1.67 bits per heavy atom. The van der Waals surface area contributed by atoms with Crippen molar-refractivity contribution < 1.29 is 0 Å². The molecule has 0 aromatic carbocycles. The minimum Gasteiger partial charge on any atom is -0.346 e. The fourth-order valence-electron chi connectivity index (χ4n) is 1.36. The molecule has 0 aliphatic rings. The summed E-state index contributed by atoms with van der Waals surface area (Å²) in [6, 6.07) is 3.94. The van der Waals surface area contributed by atoms with Crippen LogP contribution in [0.2, 0.25) is 0 Å². The average Bonchev–Trinajstić information content (AvgIpc) is 2.26. The molecule has 0 saturated carbocycles. The van der Waals surface area contributed by atoms with Crippen LogP contribution >= 0.6 is 0 Å². The van der Waals surface area contributed by atoms with Crippen molar-refractivity contribution in [2.45, 2.75) is 19.9 Å². The van der Waals surface area contributed by atoms with E-state index in [1.807, 2.05) is 24.0 Å². The molecule has 0 radical (unpaired) electrons. The summed E-state index contributed by atoms with van der Waals surface area (Å²) < 4.78 is 0. The number of rotatable bonds is 4. The first kappa shape index (κ1) is 11.5. The Hall–Kier alpha value is -1.53. The molecule has 1 rings (SSSR count). The predicted molar refractivity (Wildman–Crippen MR) is 63.6 cm³/mol. The van der Waals surface area contributed by atoms with Crippen molar-refractivity contribution in [2.24, 2.45) is 5.73 Å². The Morgan fingerprint density at radius 2 is 2.40 bits per heavy atom. The second kappa shape index (κ2) is 5.38. The van der Waals surface area contributed by atoms with E-state index in [1.165, 1.54) is 0 Å². The van der Waals surface area contributed by atoms with Gasteiger partial charge in [-0.15, -0.1) is 6.42 Å². The van der Waals surface area contributed by atoms with Gasteiger partial charge in [0.2, 0.25) is 0 Å². The standard InChI is InChI=1S/C12H17N3/c1-4-8-15(5-2)12-9-11(10(3)13)6-7-14-12/h1,6-7,9-10H,5,8,13H2,2-3H3/t10-/m1/s1. The van der Waals surface area contributed by atoms with Gasteiger partial charge in [-0.1, -0.05) is 5.92 Å². The van der Waals surface area contributed by atoms with E-state index >= 15 is 0 Å². The first-order chi connectivity index (χ1) is 7.19. The van der Waals surface area contributed by atoms with Crippen molar-refractivity contribution >= 4 is 5.82 Å². The van der Waals surface area contributed by atoms with Crippen LogP contribution in [0.4, 0.5) is 5.82 Å². The molecule has 1 heterocycles. The topological polar surface area (TPSA) is 42.1 Å². The van der Waals surface area contributed by atoms with Gasteiger partial charge in [-0.05, 0) is 31.5 Å². The molecule has 0 saturated heterocycles. The average molecular weight is 203 g/mol. The molecular formula is C12H17N3. The fraction of sp³-hybridized carbons (Fsp3) is 0.417. The van der Waals surface area contributed by atoms with Crippen LogP contribution in [-0.2, 0) is 0 Å². The largest absolute Gasteiger partial charge is 0.346 e. The maximum Gasteiger partial charge on any atom is 0.129 e. The highest BCUT2D eigenvalue weighted by atomic mass is 15.2. The summed E-state index contributed by atoms with van der Waals surface area (Å²) in [7, 11) is 0. The molecule has 15 heavy (non-hydrogen) atoms. The lowest BCUT2D eigenvalue weighted by Crippen LogP contribution is -2.24. The van der Waals surface area contributed by atoms with Gasteiger partial charge >= 0.3 is 0 Å². The van der Waals surface area contributed by atoms with Gasteiger partial charge in [-0.2, -0.15) is 0 Å². The third kappa shape index (κ3) is 2.97. The first-order valence-corrected chi connectivity index (χ1v) is 5.09. The van der Waals surface area contributed by atoms with Gasteiger partial charge in [0.1, 0.15) is 5.82 Å². The number of nitrogens with zero attached hydrogens (tertiary/aromatic N) is 2. The van der Waals surface area contributed by atoms with Gasteiger partial charge < -0.3 is 10.6 Å². The molecule has 1 atom stereocenters. The van der Waals surface area contributed by atoms with E-state index in [1.54, 1.807) is 6.20 Å². The second-order valence-corrected chi connectivity index (χ2v) is 3.45. The van der Waals surface area contributed by atoms with Crippen molar-refractivity contribution in [2.75, 3.05) is 18.0 Å². The SMILES string of the molecule is C#CCN(CC)c1cc([C@@H](C)N)ccn1. The molecule has 0 aliphatic heterocycles. The zero-order chi connectivity index (χ0) is 11.3. The molecule has 0 amide bonds. The number of nitrogens with two attached hydrogens (primary N) is 1. The number of anilines is 1. The molecule has 0 fully saturated rings. The van der Waals surface area contributed by atoms with Crippen LogP contribution in [0.3, 0.4) is 0 Å². The van der Waals surface area contributed by atoms with Gasteiger partial charge in [-0.25, -0.2) is 4.98 Å². The highest BCUT2D eigenvalue weighted by molar-refractivity contribution is 5.42. The van der Waals surface area contributed by atoms with Crippen LogP contribution in [0.1, 0.15) is 25.5 Å². The molecule has 1 aromatic heterocycles. The predicted octanol–water partition coefficient (Wildman–Crippen LogP) is 1.56. The van der Waals surface area contributed by atoms with Crippen LogP contribution in [0.5, 0.6) is 0 Å². The third-order valence-corrected chi connectivity index (χ3v) is 2.28. The molecule has 2 N–H and O–H groups in total. The Kier molecular flexibility index (Phi) is 4.14. The maximum atomic E-state index is 5.81. The van der Waals surface area contributed by atoms with Crippen molar-refractivity contribution in [1.82, 2.24) is 4.98 Å². The Bertz CT molecular complexity index is 352. The Labute approximate surface area is 91.3 Å². The summed E-state index contributed by atoms with van der Waals surface area (Å²) in [5.41, 5.74) is 6.89. The zero-order valence-corrected chi connectivity index (χ0v) is 9.27. The van der Waals surface area contributed by atoms with E-state index in [2.05, 4.69) is 17.8 Å². The van der Waals surface area contributed by atoms with Crippen molar-refractivity contribution in [3.05, 3.63) is 23.9 Å². The monoisotopic (exact) mass is 203 g/mol. The van der Waals surface area contributed by atoms with Crippen LogP contribution in [-0.4, -0.2) is 18.1 Å². The fourth-order valence-corrected chi connectivity index (χ4v) is 1.36. The number of aromatic nitrogens is 1. The molecular weight excluding hydrogens is 186 g/mol. The summed E-state index contributed by atoms with van der Waals surface area (Å²) in [5, 5.41) is 0. The molecule has 1 aromatic rings. The lowest BCUT2D eigenvalue weighted by atomic mass is 10.1. The van der Waals surface area contributed by atoms with E-state index in [-0.39, 0.29) is 6.04 Å². The summed E-state index contributed by atoms with van der Waals surface area (Å²) in [6.45, 7) is 5.43. The van der Waals surface area contributed by atoms with Gasteiger partial charge in [0, 0.05) is 18.8 Å². The summed E-state index contributed by atoms with van der Waals surface area (Å²) >= 11 is 0. The first-order valence-electron chi connectivity index (χ1n) is 5.09. The molecule has 80 valence electrons.